The van der Waals surface area contributed by atoms with E-state index < -0.39 is 0 Å². The van der Waals surface area contributed by atoms with Gasteiger partial charge in [-0.3, -0.25) is 0 Å². The summed E-state index contributed by atoms with van der Waals surface area (Å²) in [6, 6.07) is 5.67. The SMILES string of the molecule is FNc1ccc(NF)cc1. The van der Waals surface area contributed by atoms with Crippen molar-refractivity contribution in [2.45, 2.75) is 0 Å². The molecular weight excluding hydrogens is 138 g/mol. The van der Waals surface area contributed by atoms with E-state index in [2.05, 4.69) is 0 Å². The monoisotopic (exact) mass is 144 g/mol. The van der Waals surface area contributed by atoms with Crippen LogP contribution in [0.25, 0.3) is 0 Å². The van der Waals surface area contributed by atoms with E-state index in [1.165, 1.54) is 35.3 Å². The van der Waals surface area contributed by atoms with Crippen LogP contribution in [0.4, 0.5) is 20.3 Å². The number of benzene rings is 1. The Bertz CT molecular complexity index is 174. The van der Waals surface area contributed by atoms with E-state index >= 15 is 0 Å². The molecular formula is C6H6F2N2. The lowest BCUT2D eigenvalue weighted by Crippen LogP contribution is -1.83. The van der Waals surface area contributed by atoms with E-state index in [-0.39, 0.29) is 0 Å². The Kier molecular flexibility index (Phi) is 2.04. The highest BCUT2D eigenvalue weighted by molar-refractivity contribution is 5.51. The van der Waals surface area contributed by atoms with Crippen LogP contribution in [0.2, 0.25) is 0 Å². The van der Waals surface area contributed by atoms with Crippen molar-refractivity contribution < 1.29 is 8.96 Å². The van der Waals surface area contributed by atoms with E-state index in [1.807, 2.05) is 0 Å². The molecule has 0 aliphatic heterocycles. The Morgan fingerprint density at radius 2 is 1.10 bits per heavy atom. The first-order chi connectivity index (χ1) is 4.86. The minimum absolute atomic E-state index is 0.305. The summed E-state index contributed by atoms with van der Waals surface area (Å²) in [6.45, 7) is 0. The minimum Gasteiger partial charge on any atom is -0.225 e. The molecule has 0 unspecified atom stereocenters. The molecule has 0 spiro atoms. The Morgan fingerprint density at radius 1 is 0.800 bits per heavy atom. The fourth-order valence-electron chi connectivity index (χ4n) is 0.596. The second-order valence-corrected chi connectivity index (χ2v) is 1.77. The first-order valence-corrected chi connectivity index (χ1v) is 2.70. The van der Waals surface area contributed by atoms with Gasteiger partial charge in [0.15, 0.2) is 0 Å². The zero-order chi connectivity index (χ0) is 7.40. The summed E-state index contributed by atoms with van der Waals surface area (Å²) in [5.74, 6) is 0. The van der Waals surface area contributed by atoms with Crippen molar-refractivity contribution in [1.82, 2.24) is 0 Å². The van der Waals surface area contributed by atoms with Gasteiger partial charge in [-0.25, -0.2) is 11.1 Å². The molecule has 0 aliphatic rings. The van der Waals surface area contributed by atoms with Crippen LogP contribution in [0.15, 0.2) is 24.3 Å². The molecule has 1 aromatic carbocycles. The van der Waals surface area contributed by atoms with Gasteiger partial charge in [0, 0.05) is 0 Å². The normalized spacial score (nSPS) is 9.00. The number of hydrogen-bond donors (Lipinski definition) is 2. The number of anilines is 2. The van der Waals surface area contributed by atoms with Gasteiger partial charge in [0.05, 0.1) is 11.4 Å². The molecule has 0 saturated carbocycles. The first-order valence-electron chi connectivity index (χ1n) is 2.70. The minimum atomic E-state index is 0.305. The molecule has 0 fully saturated rings. The molecule has 0 aromatic heterocycles. The van der Waals surface area contributed by atoms with Crippen LogP contribution in [0, 0.1) is 0 Å². The van der Waals surface area contributed by atoms with Crippen molar-refractivity contribution in [3.8, 4) is 0 Å². The summed E-state index contributed by atoms with van der Waals surface area (Å²) in [4.78, 5) is 0. The zero-order valence-corrected chi connectivity index (χ0v) is 5.07. The molecule has 4 heteroatoms. The molecule has 1 rings (SSSR count). The molecule has 2 nitrogen and oxygen atoms in total. The average Bonchev–Trinajstić information content (AvgIpc) is 2.05. The molecule has 0 heterocycles. The van der Waals surface area contributed by atoms with E-state index in [9.17, 15) is 8.96 Å². The van der Waals surface area contributed by atoms with Gasteiger partial charge >= 0.3 is 0 Å². The predicted octanol–water partition coefficient (Wildman–Crippen LogP) is 2.28. The quantitative estimate of drug-likeness (QED) is 0.622. The molecule has 2 N–H and O–H groups in total. The van der Waals surface area contributed by atoms with E-state index in [0.717, 1.165) is 0 Å². The fourth-order valence-corrected chi connectivity index (χ4v) is 0.596. The van der Waals surface area contributed by atoms with Crippen LogP contribution in [-0.2, 0) is 0 Å². The van der Waals surface area contributed by atoms with Crippen molar-refractivity contribution in [3.05, 3.63) is 24.3 Å². The Balaban J connectivity index is 2.80. The molecule has 0 radical (unpaired) electrons. The van der Waals surface area contributed by atoms with Crippen LogP contribution in [0.1, 0.15) is 0 Å². The lowest BCUT2D eigenvalue weighted by atomic mass is 10.3. The van der Waals surface area contributed by atoms with Gasteiger partial charge in [-0.2, -0.15) is 0 Å². The third-order valence-corrected chi connectivity index (χ3v) is 1.10. The lowest BCUT2D eigenvalue weighted by Gasteiger charge is -1.96. The molecule has 0 amide bonds. The largest absolute Gasteiger partial charge is 0.225 e. The third kappa shape index (κ3) is 1.34. The van der Waals surface area contributed by atoms with Gasteiger partial charge < -0.3 is 0 Å². The number of rotatable bonds is 2. The maximum absolute atomic E-state index is 11.6. The van der Waals surface area contributed by atoms with E-state index in [0.29, 0.717) is 11.4 Å². The van der Waals surface area contributed by atoms with Gasteiger partial charge in [0.2, 0.25) is 0 Å². The summed E-state index contributed by atoms with van der Waals surface area (Å²) < 4.78 is 23.2. The molecule has 0 bridgehead atoms. The summed E-state index contributed by atoms with van der Waals surface area (Å²) in [5, 5.41) is 0. The van der Waals surface area contributed by atoms with Crippen molar-refractivity contribution in [1.29, 1.82) is 0 Å². The van der Waals surface area contributed by atoms with E-state index in [4.69, 9.17) is 0 Å². The Hall–Kier alpha value is -1.32. The van der Waals surface area contributed by atoms with Gasteiger partial charge in [-0.15, -0.1) is 8.96 Å². The highest BCUT2D eigenvalue weighted by Gasteiger charge is 1.90. The van der Waals surface area contributed by atoms with Crippen molar-refractivity contribution in [2.24, 2.45) is 0 Å². The van der Waals surface area contributed by atoms with Gasteiger partial charge in [-0.1, -0.05) is 0 Å². The van der Waals surface area contributed by atoms with Crippen molar-refractivity contribution in [2.75, 3.05) is 11.1 Å². The second kappa shape index (κ2) is 3.00. The van der Waals surface area contributed by atoms with Gasteiger partial charge in [0.25, 0.3) is 0 Å². The number of halogens is 2. The highest BCUT2D eigenvalue weighted by atomic mass is 19.2. The zero-order valence-electron chi connectivity index (χ0n) is 5.07. The van der Waals surface area contributed by atoms with Crippen LogP contribution in [0.3, 0.4) is 0 Å². The lowest BCUT2D eigenvalue weighted by molar-refractivity contribution is 0.614. The number of hydrogen-bond acceptors (Lipinski definition) is 2. The van der Waals surface area contributed by atoms with Crippen molar-refractivity contribution >= 4 is 11.4 Å². The van der Waals surface area contributed by atoms with Crippen molar-refractivity contribution in [3.63, 3.8) is 0 Å². The smallest absolute Gasteiger partial charge is 0.0657 e. The Labute approximate surface area is 56.7 Å². The fraction of sp³-hybridized carbons (Fsp3) is 0. The summed E-state index contributed by atoms with van der Waals surface area (Å²) in [6.07, 6.45) is 0. The van der Waals surface area contributed by atoms with Gasteiger partial charge in [-0.05, 0) is 24.3 Å². The molecule has 1 aromatic rings. The average molecular weight is 144 g/mol. The van der Waals surface area contributed by atoms with E-state index in [1.54, 1.807) is 0 Å². The summed E-state index contributed by atoms with van der Waals surface area (Å²) in [5.41, 5.74) is 3.47. The molecule has 0 aliphatic carbocycles. The highest BCUT2D eigenvalue weighted by Crippen LogP contribution is 2.12. The molecule has 54 valence electrons. The standard InChI is InChI=1S/C6H6F2N2/c7-9-5-1-2-6(10-8)4-3-5/h1-4,9-10H. The summed E-state index contributed by atoms with van der Waals surface area (Å²) >= 11 is 0. The van der Waals surface area contributed by atoms with Crippen LogP contribution in [-0.4, -0.2) is 0 Å². The maximum atomic E-state index is 11.6. The third-order valence-electron chi connectivity index (χ3n) is 1.10. The first kappa shape index (κ1) is 6.80. The predicted molar refractivity (Wildman–Crippen MR) is 35.9 cm³/mol. The molecule has 0 saturated heterocycles. The molecule has 0 atom stereocenters. The second-order valence-electron chi connectivity index (χ2n) is 1.77. The molecule has 10 heavy (non-hydrogen) atoms. The number of nitrogens with one attached hydrogen (secondary N) is 2. The topological polar surface area (TPSA) is 24.1 Å². The Morgan fingerprint density at radius 3 is 1.30 bits per heavy atom. The van der Waals surface area contributed by atoms with Crippen LogP contribution < -0.4 is 11.1 Å². The van der Waals surface area contributed by atoms with Crippen LogP contribution >= 0.6 is 0 Å². The maximum Gasteiger partial charge on any atom is 0.0657 e. The van der Waals surface area contributed by atoms with Crippen LogP contribution in [0.5, 0.6) is 0 Å². The van der Waals surface area contributed by atoms with Gasteiger partial charge in [0.1, 0.15) is 0 Å². The summed E-state index contributed by atoms with van der Waals surface area (Å²) in [7, 11) is 0.